The summed E-state index contributed by atoms with van der Waals surface area (Å²) in [5.74, 6) is 1.22. The van der Waals surface area contributed by atoms with E-state index in [2.05, 4.69) is 41.4 Å². The molecule has 1 aliphatic rings. The standard InChI is InChI=1S/C13H22N2S2/c1-10-8-17-13(15-10)7-11(14-2)9-16-12-5-3-4-6-12/h8,11-12,14H,3-7,9H2,1-2H3. The predicted molar refractivity (Wildman–Crippen MR) is 78.1 cm³/mol. The third kappa shape index (κ3) is 4.27. The first-order chi connectivity index (χ1) is 8.28. The van der Waals surface area contributed by atoms with E-state index in [1.165, 1.54) is 36.4 Å². The Kier molecular flexibility index (Phi) is 5.32. The molecule has 0 radical (unpaired) electrons. The van der Waals surface area contributed by atoms with Crippen LogP contribution < -0.4 is 5.32 Å². The minimum atomic E-state index is 0.575. The molecular weight excluding hydrogens is 248 g/mol. The highest BCUT2D eigenvalue weighted by Crippen LogP contribution is 2.30. The summed E-state index contributed by atoms with van der Waals surface area (Å²) in [7, 11) is 2.07. The minimum absolute atomic E-state index is 0.575. The lowest BCUT2D eigenvalue weighted by molar-refractivity contribution is 0.613. The van der Waals surface area contributed by atoms with Gasteiger partial charge in [-0.1, -0.05) is 12.8 Å². The van der Waals surface area contributed by atoms with Crippen LogP contribution in [0.15, 0.2) is 5.38 Å². The summed E-state index contributed by atoms with van der Waals surface area (Å²) in [6, 6.07) is 0.575. The van der Waals surface area contributed by atoms with E-state index in [4.69, 9.17) is 0 Å². The normalized spacial score (nSPS) is 18.7. The fourth-order valence-corrected chi connectivity index (χ4v) is 4.57. The Labute approximate surface area is 113 Å². The first-order valence-corrected chi connectivity index (χ1v) is 8.40. The zero-order valence-electron chi connectivity index (χ0n) is 10.7. The summed E-state index contributed by atoms with van der Waals surface area (Å²) in [6.07, 6.45) is 6.81. The predicted octanol–water partition coefficient (Wildman–Crippen LogP) is 3.26. The molecule has 1 N–H and O–H groups in total. The average Bonchev–Trinajstić information content (AvgIpc) is 2.96. The lowest BCUT2D eigenvalue weighted by atomic mass is 10.2. The van der Waals surface area contributed by atoms with Crippen molar-refractivity contribution in [1.82, 2.24) is 10.3 Å². The second-order valence-corrected chi connectivity index (χ2v) is 7.09. The maximum absolute atomic E-state index is 4.55. The maximum Gasteiger partial charge on any atom is 0.0943 e. The quantitative estimate of drug-likeness (QED) is 0.859. The van der Waals surface area contributed by atoms with Crippen LogP contribution in [-0.4, -0.2) is 29.1 Å². The molecule has 0 aliphatic heterocycles. The van der Waals surface area contributed by atoms with E-state index in [0.29, 0.717) is 6.04 Å². The number of hydrogen-bond donors (Lipinski definition) is 1. The van der Waals surface area contributed by atoms with Gasteiger partial charge in [0.1, 0.15) is 0 Å². The molecule has 0 amide bonds. The monoisotopic (exact) mass is 270 g/mol. The number of rotatable bonds is 6. The summed E-state index contributed by atoms with van der Waals surface area (Å²) in [4.78, 5) is 4.55. The third-order valence-electron chi connectivity index (χ3n) is 3.33. The number of hydrogen-bond acceptors (Lipinski definition) is 4. The first kappa shape index (κ1) is 13.4. The second kappa shape index (κ2) is 6.76. The van der Waals surface area contributed by atoms with Crippen LogP contribution in [0, 0.1) is 6.92 Å². The molecule has 1 atom stereocenters. The van der Waals surface area contributed by atoms with Crippen molar-refractivity contribution in [3.8, 4) is 0 Å². The topological polar surface area (TPSA) is 24.9 Å². The number of nitrogens with zero attached hydrogens (tertiary/aromatic N) is 1. The lowest BCUT2D eigenvalue weighted by Gasteiger charge is -2.17. The molecule has 1 aromatic rings. The maximum atomic E-state index is 4.55. The van der Waals surface area contributed by atoms with Crippen molar-refractivity contribution in [3.63, 3.8) is 0 Å². The van der Waals surface area contributed by atoms with E-state index < -0.39 is 0 Å². The van der Waals surface area contributed by atoms with Gasteiger partial charge in [-0.3, -0.25) is 0 Å². The SMILES string of the molecule is CNC(CSC1CCCC1)Cc1nc(C)cs1. The molecule has 0 spiro atoms. The van der Waals surface area contributed by atoms with E-state index in [9.17, 15) is 0 Å². The van der Waals surface area contributed by atoms with Crippen molar-refractivity contribution >= 4 is 23.1 Å². The van der Waals surface area contributed by atoms with Crippen molar-refractivity contribution in [2.45, 2.75) is 50.3 Å². The van der Waals surface area contributed by atoms with Gasteiger partial charge < -0.3 is 5.32 Å². The number of nitrogens with one attached hydrogen (secondary N) is 1. The average molecular weight is 270 g/mol. The van der Waals surface area contributed by atoms with Crippen LogP contribution in [0.25, 0.3) is 0 Å². The number of thiazole rings is 1. The van der Waals surface area contributed by atoms with Gasteiger partial charge in [0.25, 0.3) is 0 Å². The Hall–Kier alpha value is -0.0600. The molecule has 1 unspecified atom stereocenters. The van der Waals surface area contributed by atoms with Gasteiger partial charge in [-0.15, -0.1) is 11.3 Å². The summed E-state index contributed by atoms with van der Waals surface area (Å²) in [6.45, 7) is 2.07. The number of aryl methyl sites for hydroxylation is 1. The Morgan fingerprint density at radius 1 is 1.53 bits per heavy atom. The van der Waals surface area contributed by atoms with Crippen LogP contribution >= 0.6 is 23.1 Å². The lowest BCUT2D eigenvalue weighted by Crippen LogP contribution is -2.30. The highest BCUT2D eigenvalue weighted by molar-refractivity contribution is 7.99. The largest absolute Gasteiger partial charge is 0.316 e. The minimum Gasteiger partial charge on any atom is -0.316 e. The van der Waals surface area contributed by atoms with Gasteiger partial charge in [-0.05, 0) is 26.8 Å². The van der Waals surface area contributed by atoms with E-state index in [1.54, 1.807) is 11.3 Å². The van der Waals surface area contributed by atoms with Gasteiger partial charge in [0.05, 0.1) is 5.01 Å². The van der Waals surface area contributed by atoms with Gasteiger partial charge >= 0.3 is 0 Å². The fraction of sp³-hybridized carbons (Fsp3) is 0.769. The molecule has 1 fully saturated rings. The van der Waals surface area contributed by atoms with Gasteiger partial charge in [0.15, 0.2) is 0 Å². The highest BCUT2D eigenvalue weighted by Gasteiger charge is 2.18. The van der Waals surface area contributed by atoms with Crippen LogP contribution in [-0.2, 0) is 6.42 Å². The van der Waals surface area contributed by atoms with Gasteiger partial charge in [-0.25, -0.2) is 4.98 Å². The van der Waals surface area contributed by atoms with E-state index in [1.807, 2.05) is 0 Å². The summed E-state index contributed by atoms with van der Waals surface area (Å²) in [5, 5.41) is 7.77. The van der Waals surface area contributed by atoms with E-state index in [-0.39, 0.29) is 0 Å². The molecule has 4 heteroatoms. The molecule has 1 heterocycles. The molecule has 1 aliphatic carbocycles. The zero-order chi connectivity index (χ0) is 12.1. The van der Waals surface area contributed by atoms with Crippen molar-refractivity contribution in [2.75, 3.05) is 12.8 Å². The third-order valence-corrected chi connectivity index (χ3v) is 5.86. The number of likely N-dealkylation sites (N-methyl/N-ethyl adjacent to an activating group) is 1. The second-order valence-electron chi connectivity index (χ2n) is 4.81. The van der Waals surface area contributed by atoms with Crippen LogP contribution in [0.1, 0.15) is 36.4 Å². The molecule has 2 rings (SSSR count). The molecule has 96 valence electrons. The van der Waals surface area contributed by atoms with Crippen molar-refractivity contribution < 1.29 is 0 Å². The Morgan fingerprint density at radius 3 is 2.88 bits per heavy atom. The fourth-order valence-electron chi connectivity index (χ4n) is 2.26. The summed E-state index contributed by atoms with van der Waals surface area (Å²) < 4.78 is 0. The molecule has 1 aromatic heterocycles. The molecule has 1 saturated carbocycles. The molecule has 0 aromatic carbocycles. The van der Waals surface area contributed by atoms with Crippen molar-refractivity contribution in [3.05, 3.63) is 16.1 Å². The van der Waals surface area contributed by atoms with Crippen molar-refractivity contribution in [2.24, 2.45) is 0 Å². The van der Waals surface area contributed by atoms with E-state index in [0.717, 1.165) is 17.4 Å². The Morgan fingerprint density at radius 2 is 2.29 bits per heavy atom. The summed E-state index contributed by atoms with van der Waals surface area (Å²) in [5.41, 5.74) is 1.16. The Bertz CT molecular complexity index is 332. The van der Waals surface area contributed by atoms with Gasteiger partial charge in [0, 0.05) is 34.5 Å². The molecule has 17 heavy (non-hydrogen) atoms. The van der Waals surface area contributed by atoms with Crippen LogP contribution in [0.2, 0.25) is 0 Å². The van der Waals surface area contributed by atoms with Crippen LogP contribution in [0.3, 0.4) is 0 Å². The highest BCUT2D eigenvalue weighted by atomic mass is 32.2. The number of thioether (sulfide) groups is 1. The van der Waals surface area contributed by atoms with Crippen LogP contribution in [0.4, 0.5) is 0 Å². The molecule has 0 saturated heterocycles. The molecular formula is C13H22N2S2. The zero-order valence-corrected chi connectivity index (χ0v) is 12.4. The van der Waals surface area contributed by atoms with Gasteiger partial charge in [-0.2, -0.15) is 11.8 Å². The molecule has 0 bridgehead atoms. The Balaban J connectivity index is 1.75. The summed E-state index contributed by atoms with van der Waals surface area (Å²) >= 11 is 3.95. The van der Waals surface area contributed by atoms with Gasteiger partial charge in [0.2, 0.25) is 0 Å². The molecule has 2 nitrogen and oxygen atoms in total. The van der Waals surface area contributed by atoms with Crippen molar-refractivity contribution in [1.29, 1.82) is 0 Å². The van der Waals surface area contributed by atoms with Crippen LogP contribution in [0.5, 0.6) is 0 Å². The smallest absolute Gasteiger partial charge is 0.0943 e. The first-order valence-electron chi connectivity index (χ1n) is 6.48. The number of aromatic nitrogens is 1. The van der Waals surface area contributed by atoms with E-state index >= 15 is 0 Å².